The number of hydrogen-bond donors (Lipinski definition) is 4. The number of carbonyl (C=O) groups excluding carboxylic acids is 1. The van der Waals surface area contributed by atoms with E-state index in [2.05, 4.69) is 22.7 Å². The van der Waals surface area contributed by atoms with Crippen LogP contribution in [-0.2, 0) is 0 Å². The molecule has 7 heteroatoms. The predicted octanol–water partition coefficient (Wildman–Crippen LogP) is 1.73. The smallest absolute Gasteiger partial charge is 0.273 e. The van der Waals surface area contributed by atoms with Gasteiger partial charge in [-0.3, -0.25) is 15.6 Å². The monoisotopic (exact) mass is 299 g/mol. The molecule has 4 N–H and O–H groups in total. The molecule has 0 bridgehead atoms. The van der Waals surface area contributed by atoms with Gasteiger partial charge in [0.05, 0.1) is 5.56 Å². The summed E-state index contributed by atoms with van der Waals surface area (Å²) in [5.74, 6) is -0.705. The lowest BCUT2D eigenvalue weighted by Crippen LogP contribution is -2.47. The number of nitrogens with one attached hydrogen (secondary N) is 3. The van der Waals surface area contributed by atoms with Crippen LogP contribution in [0.4, 0.5) is 0 Å². The van der Waals surface area contributed by atoms with Gasteiger partial charge >= 0.3 is 0 Å². The summed E-state index contributed by atoms with van der Waals surface area (Å²) in [5.41, 5.74) is 5.82. The molecular formula is C12H14ClN3O2S. The number of phenols is 1. The van der Waals surface area contributed by atoms with Crippen LogP contribution in [0.2, 0.25) is 5.02 Å². The van der Waals surface area contributed by atoms with Gasteiger partial charge in [0.1, 0.15) is 5.75 Å². The Balaban J connectivity index is 2.53. The lowest BCUT2D eigenvalue weighted by atomic mass is 10.2. The third-order valence-electron chi connectivity index (χ3n) is 2.04. The molecule has 0 atom stereocenters. The Kier molecular flexibility index (Phi) is 5.59. The maximum absolute atomic E-state index is 11.8. The Morgan fingerprint density at radius 3 is 2.79 bits per heavy atom. The van der Waals surface area contributed by atoms with Crippen LogP contribution in [-0.4, -0.2) is 22.7 Å². The van der Waals surface area contributed by atoms with Crippen LogP contribution in [0.5, 0.6) is 5.75 Å². The summed E-state index contributed by atoms with van der Waals surface area (Å²) >= 11 is 10.7. The minimum absolute atomic E-state index is 0.0581. The van der Waals surface area contributed by atoms with E-state index >= 15 is 0 Å². The maximum Gasteiger partial charge on any atom is 0.273 e. The Bertz CT molecular complexity index is 520. The highest BCUT2D eigenvalue weighted by molar-refractivity contribution is 7.80. The van der Waals surface area contributed by atoms with Gasteiger partial charge in [0.15, 0.2) is 5.11 Å². The Labute approximate surface area is 121 Å². The van der Waals surface area contributed by atoms with Crippen molar-refractivity contribution < 1.29 is 9.90 Å². The van der Waals surface area contributed by atoms with Gasteiger partial charge < -0.3 is 10.4 Å². The van der Waals surface area contributed by atoms with Crippen molar-refractivity contribution in [3.63, 3.8) is 0 Å². The molecule has 0 saturated heterocycles. The van der Waals surface area contributed by atoms with E-state index in [9.17, 15) is 9.90 Å². The SMILES string of the molecule is C=C(C)CNC(=S)NNC(=O)c1cc(Cl)ccc1O. The number of halogens is 1. The van der Waals surface area contributed by atoms with Gasteiger partial charge in [-0.25, -0.2) is 0 Å². The predicted molar refractivity (Wildman–Crippen MR) is 79.1 cm³/mol. The molecule has 0 spiro atoms. The molecule has 1 amide bonds. The summed E-state index contributed by atoms with van der Waals surface area (Å²) in [7, 11) is 0. The molecule has 1 rings (SSSR count). The fourth-order valence-corrected chi connectivity index (χ4v) is 1.44. The molecule has 0 fully saturated rings. The highest BCUT2D eigenvalue weighted by Crippen LogP contribution is 2.20. The molecular weight excluding hydrogens is 286 g/mol. The number of amides is 1. The topological polar surface area (TPSA) is 73.4 Å². The lowest BCUT2D eigenvalue weighted by molar-refractivity contribution is 0.0941. The van der Waals surface area contributed by atoms with Crippen molar-refractivity contribution in [1.29, 1.82) is 0 Å². The Hall–Kier alpha value is -1.79. The van der Waals surface area contributed by atoms with E-state index in [-0.39, 0.29) is 16.4 Å². The van der Waals surface area contributed by atoms with Crippen molar-refractivity contribution in [3.05, 3.63) is 40.9 Å². The standard InChI is InChI=1S/C12H14ClN3O2S/c1-7(2)6-14-12(19)16-15-11(18)9-5-8(13)3-4-10(9)17/h3-5,17H,1,6H2,2H3,(H,15,18)(H2,14,16,19). The van der Waals surface area contributed by atoms with Gasteiger partial charge in [-0.2, -0.15) is 0 Å². The van der Waals surface area contributed by atoms with Crippen molar-refractivity contribution in [2.45, 2.75) is 6.92 Å². The number of benzene rings is 1. The minimum atomic E-state index is -0.542. The van der Waals surface area contributed by atoms with E-state index in [0.29, 0.717) is 11.6 Å². The van der Waals surface area contributed by atoms with Gasteiger partial charge in [-0.05, 0) is 37.3 Å². The number of rotatable bonds is 3. The van der Waals surface area contributed by atoms with Crippen molar-refractivity contribution in [2.75, 3.05) is 6.54 Å². The highest BCUT2D eigenvalue weighted by atomic mass is 35.5. The first-order valence-electron chi connectivity index (χ1n) is 5.37. The van der Waals surface area contributed by atoms with E-state index in [1.54, 1.807) is 0 Å². The molecule has 0 aliphatic heterocycles. The zero-order valence-corrected chi connectivity index (χ0v) is 11.9. The fraction of sp³-hybridized carbons (Fsp3) is 0.167. The summed E-state index contributed by atoms with van der Waals surface area (Å²) in [5, 5.41) is 13.0. The molecule has 19 heavy (non-hydrogen) atoms. The third kappa shape index (κ3) is 5.15. The molecule has 102 valence electrons. The summed E-state index contributed by atoms with van der Waals surface area (Å²) < 4.78 is 0. The molecule has 0 aliphatic carbocycles. The van der Waals surface area contributed by atoms with Gasteiger partial charge in [-0.15, -0.1) is 0 Å². The van der Waals surface area contributed by atoms with Crippen molar-refractivity contribution in [2.24, 2.45) is 0 Å². The molecule has 0 heterocycles. The van der Waals surface area contributed by atoms with Crippen molar-refractivity contribution >= 4 is 34.8 Å². The zero-order chi connectivity index (χ0) is 14.4. The lowest BCUT2D eigenvalue weighted by Gasteiger charge is -2.12. The van der Waals surface area contributed by atoms with Gasteiger partial charge in [0.2, 0.25) is 0 Å². The van der Waals surface area contributed by atoms with Crippen molar-refractivity contribution in [1.82, 2.24) is 16.2 Å². The molecule has 0 aliphatic rings. The summed E-state index contributed by atoms with van der Waals surface area (Å²) in [6.45, 7) is 6.06. The Morgan fingerprint density at radius 2 is 2.16 bits per heavy atom. The van der Waals surface area contributed by atoms with Gasteiger partial charge in [-0.1, -0.05) is 23.8 Å². The third-order valence-corrected chi connectivity index (χ3v) is 2.53. The summed E-state index contributed by atoms with van der Waals surface area (Å²) in [6, 6.07) is 4.19. The first-order valence-corrected chi connectivity index (χ1v) is 6.16. The molecule has 1 aromatic carbocycles. The van der Waals surface area contributed by atoms with Crippen LogP contribution < -0.4 is 16.2 Å². The van der Waals surface area contributed by atoms with E-state index in [0.717, 1.165) is 5.57 Å². The second kappa shape index (κ2) is 6.96. The minimum Gasteiger partial charge on any atom is -0.507 e. The van der Waals surface area contributed by atoms with Crippen molar-refractivity contribution in [3.8, 4) is 5.75 Å². The van der Waals surface area contributed by atoms with E-state index in [1.165, 1.54) is 18.2 Å². The first-order chi connectivity index (χ1) is 8.90. The zero-order valence-electron chi connectivity index (χ0n) is 10.3. The molecule has 0 saturated carbocycles. The first kappa shape index (κ1) is 15.3. The fourth-order valence-electron chi connectivity index (χ4n) is 1.15. The number of thiocarbonyl (C=S) groups is 1. The van der Waals surface area contributed by atoms with Crippen LogP contribution >= 0.6 is 23.8 Å². The number of phenolic OH excluding ortho intramolecular Hbond substituents is 1. The second-order valence-corrected chi connectivity index (χ2v) is 4.73. The highest BCUT2D eigenvalue weighted by Gasteiger charge is 2.11. The van der Waals surface area contributed by atoms with Gasteiger partial charge in [0, 0.05) is 11.6 Å². The molecule has 5 nitrogen and oxygen atoms in total. The van der Waals surface area contributed by atoms with Crippen LogP contribution in [0.1, 0.15) is 17.3 Å². The van der Waals surface area contributed by atoms with E-state index in [1.807, 2.05) is 6.92 Å². The normalized spacial score (nSPS) is 9.58. The van der Waals surface area contributed by atoms with Crippen LogP contribution in [0, 0.1) is 0 Å². The molecule has 0 radical (unpaired) electrons. The van der Waals surface area contributed by atoms with E-state index < -0.39 is 5.91 Å². The number of aromatic hydroxyl groups is 1. The summed E-state index contributed by atoms with van der Waals surface area (Å²) in [6.07, 6.45) is 0. The van der Waals surface area contributed by atoms with Gasteiger partial charge in [0.25, 0.3) is 5.91 Å². The second-order valence-electron chi connectivity index (χ2n) is 3.88. The number of hydrogen-bond acceptors (Lipinski definition) is 3. The number of carbonyl (C=O) groups is 1. The Morgan fingerprint density at radius 1 is 1.47 bits per heavy atom. The quantitative estimate of drug-likeness (QED) is 0.389. The van der Waals surface area contributed by atoms with E-state index in [4.69, 9.17) is 23.8 Å². The molecule has 0 aromatic heterocycles. The number of hydrazine groups is 1. The average molecular weight is 300 g/mol. The molecule has 1 aromatic rings. The van der Waals surface area contributed by atoms with Crippen LogP contribution in [0.3, 0.4) is 0 Å². The maximum atomic E-state index is 11.8. The molecule has 0 unspecified atom stereocenters. The largest absolute Gasteiger partial charge is 0.507 e. The van der Waals surface area contributed by atoms with Crippen LogP contribution in [0.15, 0.2) is 30.4 Å². The van der Waals surface area contributed by atoms with Crippen LogP contribution in [0.25, 0.3) is 0 Å². The summed E-state index contributed by atoms with van der Waals surface area (Å²) in [4.78, 5) is 11.8. The average Bonchev–Trinajstić information content (AvgIpc) is 2.36.